The first-order valence-electron chi connectivity index (χ1n) is 10.3. The summed E-state index contributed by atoms with van der Waals surface area (Å²) in [6.45, 7) is 6.12. The molecule has 0 aliphatic rings. The number of carbonyl (C=O) groups excluding carboxylic acids is 2. The molecule has 174 valence electrons. The second-order valence-corrected chi connectivity index (χ2v) is 9.52. The monoisotopic (exact) mass is 461 g/mol. The topological polar surface area (TPSA) is 105 Å². The number of carbonyl (C=O) groups is 2. The van der Waals surface area contributed by atoms with Gasteiger partial charge in [0, 0.05) is 20.3 Å². The molecule has 0 bridgehead atoms. The lowest BCUT2D eigenvalue weighted by Gasteiger charge is -2.30. The summed E-state index contributed by atoms with van der Waals surface area (Å²) in [4.78, 5) is 25.6. The summed E-state index contributed by atoms with van der Waals surface area (Å²) in [5, 5.41) is 5.51. The van der Waals surface area contributed by atoms with E-state index >= 15 is 0 Å². The van der Waals surface area contributed by atoms with Gasteiger partial charge in [-0.25, -0.2) is 8.42 Å². The van der Waals surface area contributed by atoms with Gasteiger partial charge in [-0.2, -0.15) is 0 Å². The number of hydrogen-bond donors (Lipinski definition) is 2. The van der Waals surface area contributed by atoms with E-state index in [2.05, 4.69) is 10.6 Å². The third-order valence-corrected chi connectivity index (χ3v) is 6.16. The van der Waals surface area contributed by atoms with Crippen molar-refractivity contribution in [1.29, 1.82) is 0 Å². The molecule has 32 heavy (non-hydrogen) atoms. The quantitative estimate of drug-likeness (QED) is 0.530. The highest BCUT2D eigenvalue weighted by molar-refractivity contribution is 7.92. The van der Waals surface area contributed by atoms with Crippen LogP contribution in [0, 0.1) is 13.8 Å². The van der Waals surface area contributed by atoms with Gasteiger partial charge in [0.25, 0.3) is 5.91 Å². The van der Waals surface area contributed by atoms with Gasteiger partial charge in [-0.15, -0.1) is 0 Å². The number of ether oxygens (including phenoxy) is 1. The predicted molar refractivity (Wildman–Crippen MR) is 127 cm³/mol. The van der Waals surface area contributed by atoms with Crippen LogP contribution in [0.1, 0.15) is 34.8 Å². The van der Waals surface area contributed by atoms with Gasteiger partial charge in [0.1, 0.15) is 6.04 Å². The molecule has 0 aromatic heterocycles. The largest absolute Gasteiger partial charge is 0.385 e. The lowest BCUT2D eigenvalue weighted by Crippen LogP contribution is -2.46. The predicted octanol–water partition coefficient (Wildman–Crippen LogP) is 2.86. The molecule has 0 spiro atoms. The molecule has 8 nitrogen and oxygen atoms in total. The molecule has 1 unspecified atom stereocenters. The van der Waals surface area contributed by atoms with Crippen molar-refractivity contribution in [2.45, 2.75) is 33.2 Å². The molecule has 9 heteroatoms. The van der Waals surface area contributed by atoms with Gasteiger partial charge in [0.2, 0.25) is 15.9 Å². The Hall–Kier alpha value is -2.91. The number of nitrogens with zero attached hydrogens (tertiary/aromatic N) is 1. The first kappa shape index (κ1) is 25.4. The van der Waals surface area contributed by atoms with Crippen LogP contribution in [-0.2, 0) is 19.6 Å². The minimum atomic E-state index is -3.76. The van der Waals surface area contributed by atoms with Gasteiger partial charge in [-0.05, 0) is 56.5 Å². The van der Waals surface area contributed by atoms with Crippen molar-refractivity contribution in [3.05, 3.63) is 59.2 Å². The number of anilines is 2. The van der Waals surface area contributed by atoms with Gasteiger partial charge >= 0.3 is 0 Å². The highest BCUT2D eigenvalue weighted by Crippen LogP contribution is 2.27. The number of nitrogens with one attached hydrogen (secondary N) is 2. The molecule has 0 radical (unpaired) electrons. The average Bonchev–Trinajstić information content (AvgIpc) is 2.73. The number of sulfonamides is 1. The molecule has 0 saturated heterocycles. The zero-order valence-electron chi connectivity index (χ0n) is 19.1. The Labute approximate surface area is 190 Å². The Kier molecular flexibility index (Phi) is 8.80. The Morgan fingerprint density at radius 3 is 2.47 bits per heavy atom. The van der Waals surface area contributed by atoms with Crippen LogP contribution in [0.5, 0.6) is 0 Å². The standard InChI is InChI=1S/C23H31N3O5S/c1-16-11-12-17(2)21(15-16)26(32(5,29)30)18(3)22(27)25-20-10-7-6-9-19(20)23(28)24-13-8-14-31-4/h6-7,9-12,15,18H,8,13-14H2,1-5H3,(H,24,28)(H,25,27). The molecule has 2 rings (SSSR count). The number of amides is 2. The first-order valence-corrected chi connectivity index (χ1v) is 12.1. The zero-order chi connectivity index (χ0) is 23.9. The van der Waals surface area contributed by atoms with Crippen molar-refractivity contribution in [2.24, 2.45) is 0 Å². The first-order chi connectivity index (χ1) is 15.1. The Morgan fingerprint density at radius 2 is 1.81 bits per heavy atom. The van der Waals surface area contributed by atoms with Crippen molar-refractivity contribution in [1.82, 2.24) is 5.32 Å². The Morgan fingerprint density at radius 1 is 1.12 bits per heavy atom. The fraction of sp³-hybridized carbons (Fsp3) is 0.391. The maximum atomic E-state index is 13.1. The van der Waals surface area contributed by atoms with Crippen LogP contribution in [0.25, 0.3) is 0 Å². The van der Waals surface area contributed by atoms with Crippen LogP contribution in [0.3, 0.4) is 0 Å². The maximum absolute atomic E-state index is 13.1. The number of hydrogen-bond acceptors (Lipinski definition) is 5. The minimum Gasteiger partial charge on any atom is -0.385 e. The summed E-state index contributed by atoms with van der Waals surface area (Å²) in [6, 6.07) is 11.0. The molecular formula is C23H31N3O5S. The summed E-state index contributed by atoms with van der Waals surface area (Å²) >= 11 is 0. The highest BCUT2D eigenvalue weighted by Gasteiger charge is 2.30. The van der Waals surface area contributed by atoms with Crippen molar-refractivity contribution in [3.8, 4) is 0 Å². The third-order valence-electron chi connectivity index (χ3n) is 4.93. The molecule has 2 aromatic carbocycles. The van der Waals surface area contributed by atoms with Crippen molar-refractivity contribution in [3.63, 3.8) is 0 Å². The van der Waals surface area contributed by atoms with E-state index in [1.165, 1.54) is 6.92 Å². The minimum absolute atomic E-state index is 0.295. The lowest BCUT2D eigenvalue weighted by molar-refractivity contribution is -0.116. The van der Waals surface area contributed by atoms with E-state index in [0.29, 0.717) is 36.5 Å². The van der Waals surface area contributed by atoms with Crippen molar-refractivity contribution in [2.75, 3.05) is 36.1 Å². The number of methoxy groups -OCH3 is 1. The van der Waals surface area contributed by atoms with E-state index in [0.717, 1.165) is 21.7 Å². The van der Waals surface area contributed by atoms with Crippen LogP contribution in [0.4, 0.5) is 11.4 Å². The molecule has 2 N–H and O–H groups in total. The van der Waals surface area contributed by atoms with Crippen molar-refractivity contribution < 1.29 is 22.7 Å². The molecule has 0 aliphatic heterocycles. The fourth-order valence-electron chi connectivity index (χ4n) is 3.28. The average molecular weight is 462 g/mol. The van der Waals surface area contributed by atoms with Crippen LogP contribution >= 0.6 is 0 Å². The lowest BCUT2D eigenvalue weighted by atomic mass is 10.1. The van der Waals surface area contributed by atoms with Crippen LogP contribution < -0.4 is 14.9 Å². The van der Waals surface area contributed by atoms with Crippen LogP contribution in [-0.4, -0.2) is 52.8 Å². The molecule has 0 aliphatic carbocycles. The zero-order valence-corrected chi connectivity index (χ0v) is 20.0. The summed E-state index contributed by atoms with van der Waals surface area (Å²) in [5.74, 6) is -0.880. The molecule has 0 fully saturated rings. The molecule has 2 amide bonds. The maximum Gasteiger partial charge on any atom is 0.253 e. The SMILES string of the molecule is COCCCNC(=O)c1ccccc1NC(=O)C(C)N(c1cc(C)ccc1C)S(C)(=O)=O. The van der Waals surface area contributed by atoms with E-state index in [1.807, 2.05) is 19.1 Å². The Balaban J connectivity index is 2.27. The van der Waals surface area contributed by atoms with Gasteiger partial charge in [0.05, 0.1) is 23.2 Å². The Bertz CT molecular complexity index is 1070. The summed E-state index contributed by atoms with van der Waals surface area (Å²) in [5.41, 5.74) is 2.66. The number of para-hydroxylation sites is 1. The number of aryl methyl sites for hydroxylation is 2. The van der Waals surface area contributed by atoms with Gasteiger partial charge < -0.3 is 15.4 Å². The van der Waals surface area contributed by atoms with E-state index in [4.69, 9.17) is 4.74 Å². The van der Waals surface area contributed by atoms with Gasteiger partial charge in [-0.3, -0.25) is 13.9 Å². The fourth-order valence-corrected chi connectivity index (χ4v) is 4.50. The smallest absolute Gasteiger partial charge is 0.253 e. The highest BCUT2D eigenvalue weighted by atomic mass is 32.2. The summed E-state index contributed by atoms with van der Waals surface area (Å²) in [7, 11) is -2.17. The molecule has 1 atom stereocenters. The van der Waals surface area contributed by atoms with Gasteiger partial charge in [0.15, 0.2) is 0 Å². The summed E-state index contributed by atoms with van der Waals surface area (Å²) in [6.07, 6.45) is 1.73. The number of rotatable bonds is 10. The van der Waals surface area contributed by atoms with E-state index < -0.39 is 22.0 Å². The third kappa shape index (κ3) is 6.54. The normalized spacial score (nSPS) is 12.2. The molecule has 0 heterocycles. The second kappa shape index (κ2) is 11.1. The molecular weight excluding hydrogens is 430 g/mol. The van der Waals surface area contributed by atoms with Crippen LogP contribution in [0.15, 0.2) is 42.5 Å². The van der Waals surface area contributed by atoms with Crippen molar-refractivity contribution >= 4 is 33.2 Å². The molecule has 0 saturated carbocycles. The second-order valence-electron chi connectivity index (χ2n) is 7.66. The molecule has 2 aromatic rings. The number of benzene rings is 2. The van der Waals surface area contributed by atoms with E-state index in [1.54, 1.807) is 44.4 Å². The van der Waals surface area contributed by atoms with Gasteiger partial charge in [-0.1, -0.05) is 24.3 Å². The van der Waals surface area contributed by atoms with E-state index in [9.17, 15) is 18.0 Å². The van der Waals surface area contributed by atoms with Crippen LogP contribution in [0.2, 0.25) is 0 Å². The summed E-state index contributed by atoms with van der Waals surface area (Å²) < 4.78 is 31.3. The van der Waals surface area contributed by atoms with E-state index in [-0.39, 0.29) is 5.91 Å².